The number of anilines is 1. The van der Waals surface area contributed by atoms with Crippen LogP contribution in [0.5, 0.6) is 0 Å². The third-order valence-electron chi connectivity index (χ3n) is 3.63. The van der Waals surface area contributed by atoms with Crippen molar-refractivity contribution in [2.75, 3.05) is 4.90 Å². The zero-order valence-electron chi connectivity index (χ0n) is 12.5. The Hall–Kier alpha value is -3.08. The number of hydrogen-bond donors (Lipinski definition) is 0. The van der Waals surface area contributed by atoms with Crippen molar-refractivity contribution in [1.82, 2.24) is 4.98 Å². The minimum absolute atomic E-state index is 0.0577. The molecule has 0 radical (unpaired) electrons. The molecule has 2 aromatic rings. The lowest BCUT2D eigenvalue weighted by Gasteiger charge is -2.13. The summed E-state index contributed by atoms with van der Waals surface area (Å²) in [6, 6.07) is 10.0. The second kappa shape index (κ2) is 5.96. The summed E-state index contributed by atoms with van der Waals surface area (Å²) in [7, 11) is 0. The van der Waals surface area contributed by atoms with Gasteiger partial charge in [-0.3, -0.25) is 19.4 Å². The van der Waals surface area contributed by atoms with Crippen molar-refractivity contribution in [3.8, 4) is 0 Å². The molecule has 1 fully saturated rings. The number of Topliss-reactive ketones (excluding diaryl/α,β-unsaturated/α-hetero) is 1. The molecule has 114 valence electrons. The standard InChI is InChI=1S/C18H14N2O3/c1-12(21)14-4-6-16(7-5-14)20-17(22)10-15(18(20)23)9-13-3-2-8-19-11-13/h2-9,11H,10H2,1H3. The number of aromatic nitrogens is 1. The largest absolute Gasteiger partial charge is 0.295 e. The highest BCUT2D eigenvalue weighted by Gasteiger charge is 2.34. The van der Waals surface area contributed by atoms with Crippen molar-refractivity contribution in [2.45, 2.75) is 13.3 Å². The second-order valence-electron chi connectivity index (χ2n) is 5.27. The van der Waals surface area contributed by atoms with E-state index in [-0.39, 0.29) is 24.0 Å². The van der Waals surface area contributed by atoms with Crippen LogP contribution < -0.4 is 4.90 Å². The topological polar surface area (TPSA) is 67.3 Å². The third kappa shape index (κ3) is 2.94. The van der Waals surface area contributed by atoms with Crippen molar-refractivity contribution in [3.63, 3.8) is 0 Å². The zero-order valence-corrected chi connectivity index (χ0v) is 12.5. The van der Waals surface area contributed by atoms with Crippen LogP contribution in [0.2, 0.25) is 0 Å². The summed E-state index contributed by atoms with van der Waals surface area (Å²) in [6.07, 6.45) is 5.01. The molecule has 0 unspecified atom stereocenters. The number of ketones is 1. The Balaban J connectivity index is 1.90. The van der Waals surface area contributed by atoms with Gasteiger partial charge in [0.2, 0.25) is 5.91 Å². The van der Waals surface area contributed by atoms with Crippen LogP contribution in [-0.2, 0) is 9.59 Å². The van der Waals surface area contributed by atoms with E-state index in [0.717, 1.165) is 10.5 Å². The molecule has 23 heavy (non-hydrogen) atoms. The molecule has 3 rings (SSSR count). The van der Waals surface area contributed by atoms with Crippen LogP contribution in [0.25, 0.3) is 6.08 Å². The van der Waals surface area contributed by atoms with Gasteiger partial charge in [0.15, 0.2) is 5.78 Å². The van der Waals surface area contributed by atoms with E-state index in [1.807, 2.05) is 6.07 Å². The van der Waals surface area contributed by atoms with Gasteiger partial charge in [0, 0.05) is 23.5 Å². The first kappa shape index (κ1) is 14.8. The first-order chi connectivity index (χ1) is 11.1. The van der Waals surface area contributed by atoms with Crippen molar-refractivity contribution in [3.05, 3.63) is 65.5 Å². The Morgan fingerprint density at radius 2 is 1.91 bits per heavy atom. The van der Waals surface area contributed by atoms with E-state index in [4.69, 9.17) is 0 Å². The number of carbonyl (C=O) groups is 3. The van der Waals surface area contributed by atoms with Gasteiger partial charge >= 0.3 is 0 Å². The van der Waals surface area contributed by atoms with Crippen LogP contribution in [0, 0.1) is 0 Å². The minimum Gasteiger partial charge on any atom is -0.295 e. The summed E-state index contributed by atoms with van der Waals surface area (Å²) in [5.41, 5.74) is 2.22. The average molecular weight is 306 g/mol. The molecule has 1 aliphatic heterocycles. The zero-order chi connectivity index (χ0) is 16.4. The van der Waals surface area contributed by atoms with Gasteiger partial charge in [-0.05, 0) is 48.9 Å². The van der Waals surface area contributed by atoms with Crippen molar-refractivity contribution in [1.29, 1.82) is 0 Å². The number of carbonyl (C=O) groups excluding carboxylic acids is 3. The van der Waals surface area contributed by atoms with Crippen LogP contribution in [0.4, 0.5) is 5.69 Å². The highest BCUT2D eigenvalue weighted by Crippen LogP contribution is 2.27. The predicted octanol–water partition coefficient (Wildman–Crippen LogP) is 2.63. The smallest absolute Gasteiger partial charge is 0.261 e. The molecule has 1 saturated heterocycles. The number of benzene rings is 1. The summed E-state index contributed by atoms with van der Waals surface area (Å²) in [5, 5.41) is 0. The summed E-state index contributed by atoms with van der Waals surface area (Å²) in [6.45, 7) is 1.47. The van der Waals surface area contributed by atoms with Crippen molar-refractivity contribution in [2.24, 2.45) is 0 Å². The lowest BCUT2D eigenvalue weighted by Crippen LogP contribution is -2.28. The van der Waals surface area contributed by atoms with Gasteiger partial charge in [-0.1, -0.05) is 6.07 Å². The number of hydrogen-bond acceptors (Lipinski definition) is 4. The third-order valence-corrected chi connectivity index (χ3v) is 3.63. The molecule has 5 heteroatoms. The van der Waals surface area contributed by atoms with Gasteiger partial charge in [0.25, 0.3) is 5.91 Å². The Morgan fingerprint density at radius 3 is 2.52 bits per heavy atom. The summed E-state index contributed by atoms with van der Waals surface area (Å²) in [5.74, 6) is -0.678. The van der Waals surface area contributed by atoms with Gasteiger partial charge < -0.3 is 0 Å². The van der Waals surface area contributed by atoms with E-state index < -0.39 is 0 Å². The van der Waals surface area contributed by atoms with E-state index >= 15 is 0 Å². The fraction of sp³-hybridized carbons (Fsp3) is 0.111. The van der Waals surface area contributed by atoms with Gasteiger partial charge in [-0.15, -0.1) is 0 Å². The maximum absolute atomic E-state index is 12.5. The fourth-order valence-electron chi connectivity index (χ4n) is 2.46. The second-order valence-corrected chi connectivity index (χ2v) is 5.27. The number of rotatable bonds is 3. The quantitative estimate of drug-likeness (QED) is 0.496. The fourth-order valence-corrected chi connectivity index (χ4v) is 2.46. The predicted molar refractivity (Wildman–Crippen MR) is 85.8 cm³/mol. The first-order valence-corrected chi connectivity index (χ1v) is 7.15. The summed E-state index contributed by atoms with van der Waals surface area (Å²) >= 11 is 0. The van der Waals surface area contributed by atoms with Crippen LogP contribution >= 0.6 is 0 Å². The molecule has 1 aromatic heterocycles. The Kier molecular flexibility index (Phi) is 3.85. The highest BCUT2D eigenvalue weighted by molar-refractivity contribution is 6.29. The average Bonchev–Trinajstić information content (AvgIpc) is 2.82. The van der Waals surface area contributed by atoms with E-state index in [2.05, 4.69) is 4.98 Å². The van der Waals surface area contributed by atoms with Gasteiger partial charge in [-0.25, -0.2) is 4.90 Å². The SMILES string of the molecule is CC(=O)c1ccc(N2C(=O)CC(=Cc3cccnc3)C2=O)cc1. The van der Waals surface area contributed by atoms with Gasteiger partial charge in [0.05, 0.1) is 12.1 Å². The molecule has 0 atom stereocenters. The number of imide groups is 1. The number of pyridine rings is 1. The van der Waals surface area contributed by atoms with E-state index in [1.165, 1.54) is 6.92 Å². The molecular formula is C18H14N2O3. The molecule has 2 amide bonds. The monoisotopic (exact) mass is 306 g/mol. The lowest BCUT2D eigenvalue weighted by molar-refractivity contribution is -0.120. The molecule has 1 aliphatic rings. The maximum atomic E-state index is 12.5. The molecule has 1 aromatic carbocycles. The Morgan fingerprint density at radius 1 is 1.17 bits per heavy atom. The first-order valence-electron chi connectivity index (χ1n) is 7.15. The minimum atomic E-state index is -0.338. The number of nitrogens with zero attached hydrogens (tertiary/aromatic N) is 2. The molecule has 5 nitrogen and oxygen atoms in total. The molecule has 0 aliphatic carbocycles. The normalized spacial score (nSPS) is 16.2. The van der Waals surface area contributed by atoms with Crippen molar-refractivity contribution >= 4 is 29.4 Å². The van der Waals surface area contributed by atoms with Crippen LogP contribution in [0.1, 0.15) is 29.3 Å². The molecule has 0 spiro atoms. The Labute approximate surface area is 133 Å². The summed E-state index contributed by atoms with van der Waals surface area (Å²) in [4.78, 5) is 41.1. The van der Waals surface area contributed by atoms with Crippen LogP contribution in [0.15, 0.2) is 54.4 Å². The Bertz CT molecular complexity index is 808. The number of amides is 2. The summed E-state index contributed by atoms with van der Waals surface area (Å²) < 4.78 is 0. The molecule has 0 bridgehead atoms. The van der Waals surface area contributed by atoms with E-state index in [1.54, 1.807) is 48.8 Å². The van der Waals surface area contributed by atoms with Gasteiger partial charge in [0.1, 0.15) is 0 Å². The molecule has 2 heterocycles. The van der Waals surface area contributed by atoms with Gasteiger partial charge in [-0.2, -0.15) is 0 Å². The molecule has 0 saturated carbocycles. The van der Waals surface area contributed by atoms with E-state index in [9.17, 15) is 14.4 Å². The highest BCUT2D eigenvalue weighted by atomic mass is 16.2. The van der Waals surface area contributed by atoms with Crippen molar-refractivity contribution < 1.29 is 14.4 Å². The van der Waals surface area contributed by atoms with E-state index in [0.29, 0.717) is 16.8 Å². The lowest BCUT2D eigenvalue weighted by atomic mass is 10.1. The van der Waals surface area contributed by atoms with Crippen LogP contribution in [0.3, 0.4) is 0 Å². The molecule has 0 N–H and O–H groups in total. The maximum Gasteiger partial charge on any atom is 0.261 e. The van der Waals surface area contributed by atoms with Crippen LogP contribution in [-0.4, -0.2) is 22.6 Å². The molecular weight excluding hydrogens is 292 g/mol.